The van der Waals surface area contributed by atoms with Crippen LogP contribution in [0.5, 0.6) is 0 Å². The normalized spacial score (nSPS) is 19.1. The average Bonchev–Trinajstić information content (AvgIpc) is 2.95. The fraction of sp³-hybridized carbons (Fsp3) is 0.615. The van der Waals surface area contributed by atoms with Gasteiger partial charge in [-0.25, -0.2) is 9.59 Å². The van der Waals surface area contributed by atoms with Crippen LogP contribution >= 0.6 is 0 Å². The number of carboxylic acids is 1. The van der Waals surface area contributed by atoms with Gasteiger partial charge in [0.25, 0.3) is 0 Å². The Morgan fingerprint density at radius 1 is 1.45 bits per heavy atom. The van der Waals surface area contributed by atoms with E-state index in [4.69, 9.17) is 9.84 Å². The number of rotatable bonds is 2. The Kier molecular flexibility index (Phi) is 3.69. The maximum Gasteiger partial charge on any atom is 0.410 e. The van der Waals surface area contributed by atoms with Crippen molar-refractivity contribution in [1.29, 1.82) is 0 Å². The molecule has 1 amide bonds. The van der Waals surface area contributed by atoms with E-state index >= 15 is 0 Å². The fourth-order valence-corrected chi connectivity index (χ4v) is 2.10. The van der Waals surface area contributed by atoms with Gasteiger partial charge >= 0.3 is 12.1 Å². The highest BCUT2D eigenvalue weighted by molar-refractivity contribution is 5.86. The molecule has 1 fully saturated rings. The van der Waals surface area contributed by atoms with Crippen molar-refractivity contribution in [2.75, 3.05) is 13.1 Å². The van der Waals surface area contributed by atoms with Gasteiger partial charge in [-0.3, -0.25) is 4.68 Å². The second kappa shape index (κ2) is 5.15. The number of aromatic nitrogens is 2. The van der Waals surface area contributed by atoms with Crippen molar-refractivity contribution in [1.82, 2.24) is 14.7 Å². The number of amides is 1. The second-order valence-electron chi connectivity index (χ2n) is 5.88. The minimum atomic E-state index is -1.00. The Balaban J connectivity index is 1.98. The van der Waals surface area contributed by atoms with Gasteiger partial charge in [0.15, 0.2) is 0 Å². The molecule has 0 bridgehead atoms. The summed E-state index contributed by atoms with van der Waals surface area (Å²) in [5.74, 6) is -1.00. The third kappa shape index (κ3) is 3.28. The zero-order valence-corrected chi connectivity index (χ0v) is 11.9. The van der Waals surface area contributed by atoms with Crippen LogP contribution in [-0.4, -0.2) is 50.5 Å². The smallest absolute Gasteiger partial charge is 0.410 e. The van der Waals surface area contributed by atoms with Gasteiger partial charge in [-0.05, 0) is 27.2 Å². The molecule has 0 spiro atoms. The van der Waals surface area contributed by atoms with Crippen molar-refractivity contribution in [3.8, 4) is 0 Å². The lowest BCUT2D eigenvalue weighted by Gasteiger charge is -2.24. The molecule has 0 saturated carbocycles. The Labute approximate surface area is 117 Å². The zero-order valence-electron chi connectivity index (χ0n) is 11.9. The van der Waals surface area contributed by atoms with Gasteiger partial charge in [-0.2, -0.15) is 5.10 Å². The quantitative estimate of drug-likeness (QED) is 0.893. The number of carbonyl (C=O) groups is 2. The first kappa shape index (κ1) is 14.4. The van der Waals surface area contributed by atoms with Crippen LogP contribution in [0.4, 0.5) is 4.79 Å². The topological polar surface area (TPSA) is 84.7 Å². The lowest BCUT2D eigenvalue weighted by molar-refractivity contribution is 0.0288. The van der Waals surface area contributed by atoms with Crippen LogP contribution in [0.3, 0.4) is 0 Å². The number of nitrogens with zero attached hydrogens (tertiary/aromatic N) is 3. The number of likely N-dealkylation sites (tertiary alicyclic amines) is 1. The van der Waals surface area contributed by atoms with Crippen molar-refractivity contribution < 1.29 is 19.4 Å². The second-order valence-corrected chi connectivity index (χ2v) is 5.88. The molecule has 0 unspecified atom stereocenters. The molecule has 20 heavy (non-hydrogen) atoms. The van der Waals surface area contributed by atoms with E-state index in [0.29, 0.717) is 13.1 Å². The number of hydrogen-bond acceptors (Lipinski definition) is 4. The largest absolute Gasteiger partial charge is 0.478 e. The van der Waals surface area contributed by atoms with E-state index in [0.717, 1.165) is 6.42 Å². The number of carboxylic acid groups (broad SMARTS) is 1. The van der Waals surface area contributed by atoms with Crippen LogP contribution in [-0.2, 0) is 4.74 Å². The predicted octanol–water partition coefficient (Wildman–Crippen LogP) is 1.76. The number of carbonyl (C=O) groups excluding carboxylic acids is 1. The Hall–Kier alpha value is -2.05. The summed E-state index contributed by atoms with van der Waals surface area (Å²) in [7, 11) is 0. The first-order valence-corrected chi connectivity index (χ1v) is 6.51. The lowest BCUT2D eigenvalue weighted by Crippen LogP contribution is -2.35. The van der Waals surface area contributed by atoms with Crippen LogP contribution in [0.1, 0.15) is 43.6 Å². The molecule has 1 saturated heterocycles. The number of ether oxygens (including phenoxy) is 1. The van der Waals surface area contributed by atoms with Crippen LogP contribution < -0.4 is 0 Å². The molecule has 7 heteroatoms. The summed E-state index contributed by atoms with van der Waals surface area (Å²) in [6, 6.07) is -0.00406. The van der Waals surface area contributed by atoms with Crippen LogP contribution in [0.25, 0.3) is 0 Å². The molecular weight excluding hydrogens is 262 g/mol. The lowest BCUT2D eigenvalue weighted by atomic mass is 10.2. The van der Waals surface area contributed by atoms with E-state index in [1.54, 1.807) is 9.58 Å². The molecular formula is C13H19N3O4. The molecule has 1 aromatic rings. The molecule has 0 radical (unpaired) electrons. The molecule has 2 rings (SSSR count). The van der Waals surface area contributed by atoms with E-state index in [9.17, 15) is 9.59 Å². The fourth-order valence-electron chi connectivity index (χ4n) is 2.10. The minimum absolute atomic E-state index is 0.00406. The average molecular weight is 281 g/mol. The molecule has 7 nitrogen and oxygen atoms in total. The van der Waals surface area contributed by atoms with Gasteiger partial charge in [0.2, 0.25) is 0 Å². The van der Waals surface area contributed by atoms with Crippen molar-refractivity contribution in [2.45, 2.75) is 38.8 Å². The third-order valence-electron chi connectivity index (χ3n) is 3.04. The van der Waals surface area contributed by atoms with Crippen LogP contribution in [0, 0.1) is 0 Å². The Bertz CT molecular complexity index is 518. The molecule has 1 atom stereocenters. The SMILES string of the molecule is CC(C)(C)OC(=O)N1CC[C@H](n2cc(C(=O)O)cn2)C1. The van der Waals surface area contributed by atoms with E-state index in [1.165, 1.54) is 12.4 Å². The molecule has 0 aliphatic carbocycles. The van der Waals surface area contributed by atoms with E-state index < -0.39 is 11.6 Å². The summed E-state index contributed by atoms with van der Waals surface area (Å²) >= 11 is 0. The highest BCUT2D eigenvalue weighted by Gasteiger charge is 2.31. The minimum Gasteiger partial charge on any atom is -0.478 e. The summed E-state index contributed by atoms with van der Waals surface area (Å²) in [6.45, 7) is 6.54. The highest BCUT2D eigenvalue weighted by Crippen LogP contribution is 2.23. The first-order valence-electron chi connectivity index (χ1n) is 6.51. The van der Waals surface area contributed by atoms with E-state index in [2.05, 4.69) is 5.10 Å². The standard InChI is InChI=1S/C13H19N3O4/c1-13(2,3)20-12(19)15-5-4-10(8-15)16-7-9(6-14-16)11(17)18/h6-7,10H,4-5,8H2,1-3H3,(H,17,18)/t10-/m0/s1. The van der Waals surface area contributed by atoms with Crippen molar-refractivity contribution in [3.05, 3.63) is 18.0 Å². The Morgan fingerprint density at radius 3 is 2.70 bits per heavy atom. The van der Waals surface area contributed by atoms with Crippen molar-refractivity contribution in [3.63, 3.8) is 0 Å². The third-order valence-corrected chi connectivity index (χ3v) is 3.04. The van der Waals surface area contributed by atoms with E-state index in [-0.39, 0.29) is 17.7 Å². The molecule has 1 aliphatic rings. The molecule has 1 N–H and O–H groups in total. The predicted molar refractivity (Wildman–Crippen MR) is 70.6 cm³/mol. The van der Waals surface area contributed by atoms with Gasteiger partial charge in [-0.15, -0.1) is 0 Å². The number of aromatic carboxylic acids is 1. The van der Waals surface area contributed by atoms with Crippen LogP contribution in [0.2, 0.25) is 0 Å². The van der Waals surface area contributed by atoms with Crippen molar-refractivity contribution in [2.24, 2.45) is 0 Å². The molecule has 2 heterocycles. The van der Waals surface area contributed by atoms with E-state index in [1.807, 2.05) is 20.8 Å². The Morgan fingerprint density at radius 2 is 2.15 bits per heavy atom. The van der Waals surface area contributed by atoms with Gasteiger partial charge in [0.05, 0.1) is 17.8 Å². The maximum atomic E-state index is 11.9. The number of hydrogen-bond donors (Lipinski definition) is 1. The van der Waals surface area contributed by atoms with Gasteiger partial charge < -0.3 is 14.7 Å². The summed E-state index contributed by atoms with van der Waals surface area (Å²) in [6.07, 6.45) is 3.20. The van der Waals surface area contributed by atoms with Gasteiger partial charge in [-0.1, -0.05) is 0 Å². The summed E-state index contributed by atoms with van der Waals surface area (Å²) in [4.78, 5) is 24.4. The molecule has 0 aromatic carbocycles. The van der Waals surface area contributed by atoms with Crippen molar-refractivity contribution >= 4 is 12.1 Å². The zero-order chi connectivity index (χ0) is 14.9. The van der Waals surface area contributed by atoms with Crippen LogP contribution in [0.15, 0.2) is 12.4 Å². The molecule has 110 valence electrons. The molecule has 1 aromatic heterocycles. The summed E-state index contributed by atoms with van der Waals surface area (Å²) in [5, 5.41) is 12.9. The monoisotopic (exact) mass is 281 g/mol. The highest BCUT2D eigenvalue weighted by atomic mass is 16.6. The van der Waals surface area contributed by atoms with Gasteiger partial charge in [0.1, 0.15) is 5.60 Å². The van der Waals surface area contributed by atoms with Gasteiger partial charge in [0, 0.05) is 19.3 Å². The summed E-state index contributed by atoms with van der Waals surface area (Å²) < 4.78 is 6.92. The summed E-state index contributed by atoms with van der Waals surface area (Å²) in [5.41, 5.74) is -0.363. The first-order chi connectivity index (χ1) is 9.26. The maximum absolute atomic E-state index is 11.9. The molecule has 1 aliphatic heterocycles.